The Morgan fingerprint density at radius 3 is 2.26 bits per heavy atom. The molecule has 2 heterocycles. The van der Waals surface area contributed by atoms with Crippen LogP contribution in [-0.2, 0) is 4.79 Å². The molecule has 34 heavy (non-hydrogen) atoms. The molecule has 0 aliphatic carbocycles. The van der Waals surface area contributed by atoms with Crippen LogP contribution in [0.5, 0.6) is 0 Å². The number of carbonyl (C=O) groups excluding carboxylic acids is 1. The summed E-state index contributed by atoms with van der Waals surface area (Å²) in [6.07, 6.45) is 1.14. The van der Waals surface area contributed by atoms with Crippen molar-refractivity contribution in [1.82, 2.24) is 0 Å². The Labute approximate surface area is 191 Å². The second-order valence-corrected chi connectivity index (χ2v) is 7.31. The summed E-state index contributed by atoms with van der Waals surface area (Å²) in [7, 11) is 0. The molecule has 0 radical (unpaired) electrons. The molecule has 7 nitrogen and oxygen atoms in total. The summed E-state index contributed by atoms with van der Waals surface area (Å²) < 4.78 is 74.3. The molecule has 13 heteroatoms. The van der Waals surface area contributed by atoms with Crippen LogP contribution in [0.25, 0.3) is 17.4 Å². The average Bonchev–Trinajstić information content (AvgIpc) is 3.37. The number of nitro benzene ring substituents is 1. The lowest BCUT2D eigenvalue weighted by atomic mass is 10.1. The van der Waals surface area contributed by atoms with E-state index >= 15 is 0 Å². The van der Waals surface area contributed by atoms with Crippen molar-refractivity contribution in [2.24, 2.45) is 5.10 Å². The summed E-state index contributed by atoms with van der Waals surface area (Å²) in [5.74, 6) is -12.2. The molecule has 0 bridgehead atoms. The van der Waals surface area contributed by atoms with Crippen molar-refractivity contribution in [2.75, 3.05) is 5.01 Å². The molecule has 4 rings (SSSR count). The van der Waals surface area contributed by atoms with Crippen molar-refractivity contribution in [3.8, 4) is 11.3 Å². The second kappa shape index (κ2) is 8.37. The van der Waals surface area contributed by atoms with Crippen LogP contribution in [0.15, 0.2) is 45.4 Å². The number of benzene rings is 2. The SMILES string of the molecule is CC1=NN(c2c(F)c(F)c(F)c(F)c2F)C(=O)/C1=C\c1ccc(-c2ccc(Cl)c([N+](=O)[O-])c2)o1. The van der Waals surface area contributed by atoms with E-state index in [0.717, 1.165) is 6.08 Å². The number of nitro groups is 1. The van der Waals surface area contributed by atoms with Crippen LogP contribution in [0, 0.1) is 39.2 Å². The minimum absolute atomic E-state index is 0.0461. The first-order valence-corrected chi connectivity index (χ1v) is 9.56. The fraction of sp³-hybridized carbons (Fsp3) is 0.0476. The molecule has 0 fully saturated rings. The monoisotopic (exact) mass is 497 g/mol. The van der Waals surface area contributed by atoms with Crippen LogP contribution in [0.1, 0.15) is 12.7 Å². The van der Waals surface area contributed by atoms with Crippen LogP contribution >= 0.6 is 11.6 Å². The molecule has 2 aromatic carbocycles. The standard InChI is InChI=1S/C21H9ClF5N3O4/c1-8-11(21(31)29(28-8)20-18(26)16(24)15(23)17(25)19(20)27)7-10-3-5-14(34-10)9-2-4-12(22)13(6-9)30(32)33/h2-7H,1H3/b11-7-. The zero-order chi connectivity index (χ0) is 24.9. The number of amides is 1. The zero-order valence-electron chi connectivity index (χ0n) is 16.7. The van der Waals surface area contributed by atoms with Crippen molar-refractivity contribution in [1.29, 1.82) is 0 Å². The summed E-state index contributed by atoms with van der Waals surface area (Å²) in [4.78, 5) is 23.1. The number of anilines is 1. The predicted molar refractivity (Wildman–Crippen MR) is 111 cm³/mol. The van der Waals surface area contributed by atoms with Gasteiger partial charge in [0.1, 0.15) is 22.2 Å². The van der Waals surface area contributed by atoms with Crippen LogP contribution < -0.4 is 5.01 Å². The summed E-state index contributed by atoms with van der Waals surface area (Å²) in [5.41, 5.74) is -1.91. The third kappa shape index (κ3) is 3.71. The minimum Gasteiger partial charge on any atom is -0.457 e. The van der Waals surface area contributed by atoms with E-state index in [0.29, 0.717) is 5.56 Å². The van der Waals surface area contributed by atoms with E-state index < -0.39 is 45.6 Å². The Morgan fingerprint density at radius 2 is 1.65 bits per heavy atom. The van der Waals surface area contributed by atoms with Gasteiger partial charge in [-0.3, -0.25) is 14.9 Å². The van der Waals surface area contributed by atoms with Gasteiger partial charge < -0.3 is 4.42 Å². The first-order valence-electron chi connectivity index (χ1n) is 9.18. The third-order valence-electron chi connectivity index (χ3n) is 4.80. The van der Waals surface area contributed by atoms with Gasteiger partial charge in [0.05, 0.1) is 16.2 Å². The van der Waals surface area contributed by atoms with Gasteiger partial charge in [-0.15, -0.1) is 0 Å². The number of halogens is 6. The zero-order valence-corrected chi connectivity index (χ0v) is 17.5. The molecule has 0 atom stereocenters. The highest BCUT2D eigenvalue weighted by Gasteiger charge is 2.37. The largest absolute Gasteiger partial charge is 0.457 e. The van der Waals surface area contributed by atoms with Gasteiger partial charge in [0.25, 0.3) is 11.6 Å². The number of furan rings is 1. The molecular formula is C21H9ClF5N3O4. The number of hydrogen-bond donors (Lipinski definition) is 0. The van der Waals surface area contributed by atoms with E-state index in [4.69, 9.17) is 16.0 Å². The maximum atomic E-state index is 14.1. The Bertz CT molecular complexity index is 1420. The predicted octanol–water partition coefficient (Wildman–Crippen LogP) is 6.01. The van der Waals surface area contributed by atoms with Crippen molar-refractivity contribution in [3.05, 3.63) is 85.9 Å². The lowest BCUT2D eigenvalue weighted by Gasteiger charge is -2.14. The average molecular weight is 498 g/mol. The fourth-order valence-electron chi connectivity index (χ4n) is 3.15. The Kier molecular flexibility index (Phi) is 5.69. The Hall–Kier alpha value is -4.06. The quantitative estimate of drug-likeness (QED) is 0.110. The van der Waals surface area contributed by atoms with Gasteiger partial charge in [-0.2, -0.15) is 10.1 Å². The number of carbonyl (C=O) groups is 1. The van der Waals surface area contributed by atoms with Gasteiger partial charge in [-0.1, -0.05) is 11.6 Å². The maximum absolute atomic E-state index is 14.1. The van der Waals surface area contributed by atoms with Crippen molar-refractivity contribution >= 4 is 40.7 Å². The van der Waals surface area contributed by atoms with Gasteiger partial charge in [-0.25, -0.2) is 22.0 Å². The molecule has 1 aliphatic rings. The fourth-order valence-corrected chi connectivity index (χ4v) is 3.34. The second-order valence-electron chi connectivity index (χ2n) is 6.90. The highest BCUT2D eigenvalue weighted by molar-refractivity contribution is 6.33. The van der Waals surface area contributed by atoms with E-state index in [-0.39, 0.29) is 38.5 Å². The minimum atomic E-state index is -2.37. The van der Waals surface area contributed by atoms with E-state index in [1.54, 1.807) is 0 Å². The van der Waals surface area contributed by atoms with Crippen molar-refractivity contribution in [3.63, 3.8) is 0 Å². The summed E-state index contributed by atoms with van der Waals surface area (Å²) >= 11 is 5.79. The normalized spacial score (nSPS) is 14.8. The smallest absolute Gasteiger partial charge is 0.288 e. The maximum Gasteiger partial charge on any atom is 0.288 e. The molecule has 1 aliphatic heterocycles. The molecule has 1 amide bonds. The van der Waals surface area contributed by atoms with Gasteiger partial charge in [0.15, 0.2) is 23.3 Å². The van der Waals surface area contributed by atoms with Gasteiger partial charge in [0.2, 0.25) is 5.82 Å². The number of hydrazone groups is 1. The van der Waals surface area contributed by atoms with Crippen LogP contribution in [0.4, 0.5) is 33.3 Å². The molecule has 0 saturated carbocycles. The van der Waals surface area contributed by atoms with Gasteiger partial charge in [-0.05, 0) is 37.3 Å². The van der Waals surface area contributed by atoms with Crippen LogP contribution in [0.2, 0.25) is 5.02 Å². The van der Waals surface area contributed by atoms with E-state index in [1.807, 2.05) is 0 Å². The van der Waals surface area contributed by atoms with Crippen LogP contribution in [-0.4, -0.2) is 16.5 Å². The highest BCUT2D eigenvalue weighted by atomic mass is 35.5. The molecule has 1 aromatic heterocycles. The van der Waals surface area contributed by atoms with Crippen molar-refractivity contribution < 1.29 is 36.1 Å². The summed E-state index contributed by atoms with van der Waals surface area (Å²) in [5, 5.41) is 14.7. The molecular weight excluding hydrogens is 489 g/mol. The van der Waals surface area contributed by atoms with Crippen molar-refractivity contribution in [2.45, 2.75) is 6.92 Å². The molecule has 0 spiro atoms. The van der Waals surface area contributed by atoms with E-state index in [9.17, 15) is 36.9 Å². The van der Waals surface area contributed by atoms with E-state index in [2.05, 4.69) is 5.10 Å². The van der Waals surface area contributed by atoms with E-state index in [1.165, 1.54) is 37.3 Å². The summed E-state index contributed by atoms with van der Waals surface area (Å²) in [6.45, 7) is 1.28. The molecule has 174 valence electrons. The number of nitrogens with zero attached hydrogens (tertiary/aromatic N) is 3. The third-order valence-corrected chi connectivity index (χ3v) is 5.12. The van der Waals surface area contributed by atoms with Gasteiger partial charge in [0, 0.05) is 11.6 Å². The number of hydrogen-bond acceptors (Lipinski definition) is 5. The molecule has 0 saturated heterocycles. The Balaban J connectivity index is 1.69. The topological polar surface area (TPSA) is 89.0 Å². The summed E-state index contributed by atoms with van der Waals surface area (Å²) in [6, 6.07) is 6.77. The lowest BCUT2D eigenvalue weighted by molar-refractivity contribution is -0.384. The van der Waals surface area contributed by atoms with Crippen LogP contribution in [0.3, 0.4) is 0 Å². The lowest BCUT2D eigenvalue weighted by Crippen LogP contribution is -2.25. The first kappa shape index (κ1) is 23.1. The van der Waals surface area contributed by atoms with Gasteiger partial charge >= 0.3 is 0 Å². The molecule has 0 N–H and O–H groups in total. The first-order chi connectivity index (χ1) is 16.0. The molecule has 3 aromatic rings. The molecule has 0 unspecified atom stereocenters. The number of rotatable bonds is 4. The highest BCUT2D eigenvalue weighted by Crippen LogP contribution is 2.35. The Morgan fingerprint density at radius 1 is 1.03 bits per heavy atom.